The Hall–Kier alpha value is -1.18. The van der Waals surface area contributed by atoms with Crippen molar-refractivity contribution in [3.63, 3.8) is 0 Å². The van der Waals surface area contributed by atoms with Gasteiger partial charge < -0.3 is 10.5 Å². The number of sulfonamides is 1. The Kier molecular flexibility index (Phi) is 3.90. The van der Waals surface area contributed by atoms with Gasteiger partial charge in [0.25, 0.3) is 0 Å². The summed E-state index contributed by atoms with van der Waals surface area (Å²) in [5.74, 6) is -0.538. The highest BCUT2D eigenvalue weighted by molar-refractivity contribution is 7.89. The van der Waals surface area contributed by atoms with Crippen LogP contribution in [0.1, 0.15) is 25.7 Å². The maximum atomic E-state index is 13.1. The van der Waals surface area contributed by atoms with Gasteiger partial charge in [-0.15, -0.1) is 0 Å². The van der Waals surface area contributed by atoms with E-state index in [0.717, 1.165) is 37.8 Å². The van der Waals surface area contributed by atoms with Crippen LogP contribution < -0.4 is 5.73 Å². The molecule has 1 saturated carbocycles. The van der Waals surface area contributed by atoms with Crippen LogP contribution in [0.5, 0.6) is 0 Å². The molecule has 2 aliphatic rings. The molecule has 116 valence electrons. The molecule has 7 heteroatoms. The van der Waals surface area contributed by atoms with Crippen LogP contribution in [0.4, 0.5) is 10.1 Å². The summed E-state index contributed by atoms with van der Waals surface area (Å²) in [6.07, 6.45) is 3.70. The third kappa shape index (κ3) is 2.65. The number of ether oxygens (including phenoxy) is 1. The molecule has 2 fully saturated rings. The van der Waals surface area contributed by atoms with Crippen molar-refractivity contribution in [3.8, 4) is 0 Å². The summed E-state index contributed by atoms with van der Waals surface area (Å²) in [6.45, 7) is 0.710. The van der Waals surface area contributed by atoms with Crippen LogP contribution in [0.25, 0.3) is 0 Å². The fourth-order valence-electron chi connectivity index (χ4n) is 3.24. The Balaban J connectivity index is 1.96. The van der Waals surface area contributed by atoms with Gasteiger partial charge in [0.1, 0.15) is 10.7 Å². The van der Waals surface area contributed by atoms with Crippen LogP contribution in [-0.2, 0) is 14.8 Å². The van der Waals surface area contributed by atoms with Gasteiger partial charge in [0.15, 0.2) is 0 Å². The first-order valence-electron chi connectivity index (χ1n) is 7.18. The Morgan fingerprint density at radius 1 is 1.29 bits per heavy atom. The van der Waals surface area contributed by atoms with Crippen LogP contribution in [0.15, 0.2) is 23.1 Å². The summed E-state index contributed by atoms with van der Waals surface area (Å²) < 4.78 is 46.0. The number of hydrogen-bond acceptors (Lipinski definition) is 4. The molecule has 1 aromatic rings. The maximum absolute atomic E-state index is 13.1. The van der Waals surface area contributed by atoms with E-state index < -0.39 is 15.8 Å². The second kappa shape index (κ2) is 5.55. The summed E-state index contributed by atoms with van der Waals surface area (Å²) in [6, 6.07) is 3.28. The standard InChI is InChI=1S/C14H19FN2O3S/c15-10-5-6-14(11(16)9-10)21(18,19)17-7-8-20-13-4-2-1-3-12(13)17/h5-6,9,12-13H,1-4,7-8,16H2. The molecular formula is C14H19FN2O3S. The van der Waals surface area contributed by atoms with Gasteiger partial charge in [-0.25, -0.2) is 12.8 Å². The van der Waals surface area contributed by atoms with E-state index in [-0.39, 0.29) is 22.7 Å². The number of nitrogens with zero attached hydrogens (tertiary/aromatic N) is 1. The molecule has 5 nitrogen and oxygen atoms in total. The number of hydrogen-bond donors (Lipinski definition) is 1. The average Bonchev–Trinajstić information content (AvgIpc) is 2.46. The zero-order valence-corrected chi connectivity index (χ0v) is 12.5. The first kappa shape index (κ1) is 14.7. The molecule has 2 N–H and O–H groups in total. The van der Waals surface area contributed by atoms with Gasteiger partial charge in [-0.1, -0.05) is 12.8 Å². The molecule has 0 spiro atoms. The number of anilines is 1. The summed E-state index contributed by atoms with van der Waals surface area (Å²) >= 11 is 0. The summed E-state index contributed by atoms with van der Waals surface area (Å²) in [7, 11) is -3.72. The van der Waals surface area contributed by atoms with Crippen molar-refractivity contribution in [2.75, 3.05) is 18.9 Å². The van der Waals surface area contributed by atoms with E-state index in [1.54, 1.807) is 0 Å². The molecule has 1 aromatic carbocycles. The van der Waals surface area contributed by atoms with Crippen molar-refractivity contribution in [1.29, 1.82) is 0 Å². The Labute approximate surface area is 123 Å². The minimum absolute atomic E-state index is 0.0184. The molecule has 2 unspecified atom stereocenters. The number of fused-ring (bicyclic) bond motifs is 1. The molecule has 1 aliphatic heterocycles. The predicted molar refractivity (Wildman–Crippen MR) is 76.7 cm³/mol. The molecule has 1 aliphatic carbocycles. The zero-order valence-electron chi connectivity index (χ0n) is 11.7. The quantitative estimate of drug-likeness (QED) is 0.844. The molecule has 0 amide bonds. The predicted octanol–water partition coefficient (Wildman–Crippen LogP) is 1.74. The van der Waals surface area contributed by atoms with E-state index in [4.69, 9.17) is 10.5 Å². The van der Waals surface area contributed by atoms with Crippen molar-refractivity contribution in [2.24, 2.45) is 0 Å². The SMILES string of the molecule is Nc1cc(F)ccc1S(=O)(=O)N1CCOC2CCCCC21. The number of morpholine rings is 1. The Morgan fingerprint density at radius 3 is 2.81 bits per heavy atom. The van der Waals surface area contributed by atoms with E-state index in [9.17, 15) is 12.8 Å². The molecule has 21 heavy (non-hydrogen) atoms. The highest BCUT2D eigenvalue weighted by Crippen LogP contribution is 2.33. The van der Waals surface area contributed by atoms with Crippen LogP contribution in [-0.4, -0.2) is 38.0 Å². The normalized spacial score (nSPS) is 27.3. The number of benzene rings is 1. The van der Waals surface area contributed by atoms with Crippen LogP contribution in [0.3, 0.4) is 0 Å². The van der Waals surface area contributed by atoms with Gasteiger partial charge >= 0.3 is 0 Å². The number of nitrogens with two attached hydrogens (primary N) is 1. The highest BCUT2D eigenvalue weighted by Gasteiger charge is 2.41. The van der Waals surface area contributed by atoms with Crippen LogP contribution in [0, 0.1) is 5.82 Å². The molecule has 3 rings (SSSR count). The third-order valence-corrected chi connectivity index (χ3v) is 6.24. The lowest BCUT2D eigenvalue weighted by Gasteiger charge is -2.42. The molecule has 0 bridgehead atoms. The van der Waals surface area contributed by atoms with Crippen molar-refractivity contribution < 1.29 is 17.5 Å². The van der Waals surface area contributed by atoms with Gasteiger partial charge in [0, 0.05) is 6.54 Å². The lowest BCUT2D eigenvalue weighted by molar-refractivity contribution is -0.0586. The van der Waals surface area contributed by atoms with E-state index in [2.05, 4.69) is 0 Å². The molecular weight excluding hydrogens is 295 g/mol. The van der Waals surface area contributed by atoms with Crippen LogP contribution >= 0.6 is 0 Å². The van der Waals surface area contributed by atoms with Crippen molar-refractivity contribution in [3.05, 3.63) is 24.0 Å². The zero-order chi connectivity index (χ0) is 15.0. The first-order chi connectivity index (χ1) is 10.00. The van der Waals surface area contributed by atoms with Gasteiger partial charge in [-0.3, -0.25) is 0 Å². The third-order valence-electron chi connectivity index (χ3n) is 4.24. The molecule has 0 radical (unpaired) electrons. The number of nitrogen functional groups attached to an aromatic ring is 1. The highest BCUT2D eigenvalue weighted by atomic mass is 32.2. The van der Waals surface area contributed by atoms with Gasteiger partial charge in [0.2, 0.25) is 10.0 Å². The summed E-state index contributed by atoms with van der Waals surface area (Å²) in [5, 5.41) is 0. The van der Waals surface area contributed by atoms with Gasteiger partial charge in [-0.05, 0) is 31.0 Å². The summed E-state index contributed by atoms with van der Waals surface area (Å²) in [5.41, 5.74) is 5.66. The fraction of sp³-hybridized carbons (Fsp3) is 0.571. The number of rotatable bonds is 2. The number of halogens is 1. The van der Waals surface area contributed by atoms with Gasteiger partial charge in [0.05, 0.1) is 24.4 Å². The van der Waals surface area contributed by atoms with E-state index in [1.165, 1.54) is 10.4 Å². The van der Waals surface area contributed by atoms with E-state index >= 15 is 0 Å². The second-order valence-electron chi connectivity index (χ2n) is 5.56. The van der Waals surface area contributed by atoms with Gasteiger partial charge in [-0.2, -0.15) is 4.31 Å². The average molecular weight is 314 g/mol. The fourth-order valence-corrected chi connectivity index (χ4v) is 5.00. The monoisotopic (exact) mass is 314 g/mol. The second-order valence-corrected chi connectivity index (χ2v) is 7.42. The van der Waals surface area contributed by atoms with E-state index in [1.807, 2.05) is 0 Å². The lowest BCUT2D eigenvalue weighted by atomic mass is 9.91. The topological polar surface area (TPSA) is 72.6 Å². The minimum Gasteiger partial charge on any atom is -0.398 e. The Morgan fingerprint density at radius 2 is 2.05 bits per heavy atom. The smallest absolute Gasteiger partial charge is 0.245 e. The molecule has 2 atom stereocenters. The van der Waals surface area contributed by atoms with Crippen molar-refractivity contribution >= 4 is 15.7 Å². The Bertz CT molecular complexity index is 633. The summed E-state index contributed by atoms with van der Waals surface area (Å²) in [4.78, 5) is -0.0184. The lowest BCUT2D eigenvalue weighted by Crippen LogP contribution is -2.54. The maximum Gasteiger partial charge on any atom is 0.245 e. The van der Waals surface area contributed by atoms with Crippen LogP contribution in [0.2, 0.25) is 0 Å². The van der Waals surface area contributed by atoms with Crippen molar-refractivity contribution in [1.82, 2.24) is 4.31 Å². The first-order valence-corrected chi connectivity index (χ1v) is 8.62. The molecule has 1 saturated heterocycles. The molecule has 1 heterocycles. The molecule has 0 aromatic heterocycles. The minimum atomic E-state index is -3.72. The van der Waals surface area contributed by atoms with Crippen molar-refractivity contribution in [2.45, 2.75) is 42.7 Å². The largest absolute Gasteiger partial charge is 0.398 e. The van der Waals surface area contributed by atoms with E-state index in [0.29, 0.717) is 13.2 Å².